The molecule has 0 aliphatic carbocycles. The van der Waals surface area contributed by atoms with E-state index in [0.29, 0.717) is 39.9 Å². The monoisotopic (exact) mass is 728 g/mol. The fourth-order valence-corrected chi connectivity index (χ4v) is 6.51. The second kappa shape index (κ2) is 15.6. The van der Waals surface area contributed by atoms with Crippen LogP contribution in [0.15, 0.2) is 91.3 Å². The standard InChI is InChI=1S/C41H44N8O5/c1-41(2,52)27-48-37-22-29(24-47-20-18-46(3)19-21-47)10-13-34(37)43-40(48)44-39(51)30-14-16-42-35(23-30)33-15-17-49(45-33)36-6-5-7-38(32(36)25-50)54-26-28-8-11-31(53-4)12-9-28/h5-17,22-23,25,52H,18-21,24,26-27H2,1-4H3,(H,43,44,51). The average Bonchev–Trinajstić information content (AvgIpc) is 3.79. The van der Waals surface area contributed by atoms with E-state index in [4.69, 9.17) is 19.6 Å². The molecule has 13 nitrogen and oxygen atoms in total. The molecule has 1 fully saturated rings. The van der Waals surface area contributed by atoms with Crippen LogP contribution in [0.25, 0.3) is 28.1 Å². The summed E-state index contributed by atoms with van der Waals surface area (Å²) in [4.78, 5) is 40.1. The zero-order chi connectivity index (χ0) is 37.8. The van der Waals surface area contributed by atoms with Crippen molar-refractivity contribution in [3.8, 4) is 28.6 Å². The van der Waals surface area contributed by atoms with Gasteiger partial charge in [0.25, 0.3) is 5.91 Å². The lowest BCUT2D eigenvalue weighted by Gasteiger charge is -2.32. The number of imidazole rings is 1. The van der Waals surface area contributed by atoms with Crippen molar-refractivity contribution in [3.05, 3.63) is 114 Å². The highest BCUT2D eigenvalue weighted by molar-refractivity contribution is 6.04. The number of hydrogen-bond acceptors (Lipinski definition) is 10. The summed E-state index contributed by atoms with van der Waals surface area (Å²) in [6.45, 7) is 8.84. The van der Waals surface area contributed by atoms with E-state index in [1.807, 2.05) is 34.9 Å². The van der Waals surface area contributed by atoms with E-state index in [1.54, 1.807) is 74.4 Å². The molecule has 0 bridgehead atoms. The Kier molecular flexibility index (Phi) is 10.5. The summed E-state index contributed by atoms with van der Waals surface area (Å²) < 4.78 is 14.7. The lowest BCUT2D eigenvalue weighted by molar-refractivity contribution is 0.0630. The van der Waals surface area contributed by atoms with Crippen molar-refractivity contribution in [2.24, 2.45) is 0 Å². The number of benzene rings is 3. The van der Waals surface area contributed by atoms with Crippen LogP contribution in [0.1, 0.15) is 45.7 Å². The molecule has 0 unspecified atom stereocenters. The fraction of sp³-hybridized carbons (Fsp3) is 0.293. The number of hydrogen-bond donors (Lipinski definition) is 2. The first kappa shape index (κ1) is 36.5. The van der Waals surface area contributed by atoms with E-state index in [0.717, 1.165) is 66.9 Å². The molecular weight excluding hydrogens is 685 g/mol. The minimum atomic E-state index is -1.06. The van der Waals surface area contributed by atoms with Gasteiger partial charge >= 0.3 is 0 Å². The predicted molar refractivity (Wildman–Crippen MR) is 206 cm³/mol. The van der Waals surface area contributed by atoms with Gasteiger partial charge in [-0.1, -0.05) is 24.3 Å². The van der Waals surface area contributed by atoms with Crippen molar-refractivity contribution in [1.29, 1.82) is 0 Å². The number of nitrogens with one attached hydrogen (secondary N) is 1. The molecule has 3 aromatic carbocycles. The molecule has 1 amide bonds. The summed E-state index contributed by atoms with van der Waals surface area (Å²) in [5.74, 6) is 1.13. The molecule has 13 heteroatoms. The Bertz CT molecular complexity index is 2270. The maximum absolute atomic E-state index is 13.7. The number of pyridine rings is 1. The molecule has 0 spiro atoms. The first-order valence-corrected chi connectivity index (χ1v) is 17.9. The highest BCUT2D eigenvalue weighted by Gasteiger charge is 2.23. The molecule has 1 saturated heterocycles. The van der Waals surface area contributed by atoms with Gasteiger partial charge in [0, 0.05) is 50.7 Å². The van der Waals surface area contributed by atoms with Crippen LogP contribution in [0, 0.1) is 0 Å². The van der Waals surface area contributed by atoms with E-state index < -0.39 is 5.60 Å². The van der Waals surface area contributed by atoms with Crippen molar-refractivity contribution in [2.75, 3.05) is 45.7 Å². The SMILES string of the molecule is COc1ccc(COc2cccc(-n3ccc(-c4cc(C(=O)Nc5nc6ccc(CN7CCN(C)CC7)cc6n5CC(C)(C)O)ccn4)n3)c2C=O)cc1. The van der Waals surface area contributed by atoms with Crippen LogP contribution >= 0.6 is 0 Å². The topological polar surface area (TPSA) is 140 Å². The number of aromatic nitrogens is 5. The maximum atomic E-state index is 13.7. The molecule has 4 heterocycles. The average molecular weight is 729 g/mol. The Balaban J connectivity index is 1.10. The van der Waals surface area contributed by atoms with E-state index in [1.165, 1.54) is 0 Å². The lowest BCUT2D eigenvalue weighted by Crippen LogP contribution is -2.43. The molecule has 3 aromatic heterocycles. The lowest BCUT2D eigenvalue weighted by atomic mass is 10.1. The number of methoxy groups -OCH3 is 1. The zero-order valence-electron chi connectivity index (χ0n) is 30.9. The van der Waals surface area contributed by atoms with E-state index in [-0.39, 0.29) is 19.1 Å². The van der Waals surface area contributed by atoms with Crippen LogP contribution in [0.2, 0.25) is 0 Å². The Morgan fingerprint density at radius 2 is 1.74 bits per heavy atom. The van der Waals surface area contributed by atoms with Gasteiger partial charge in [-0.05, 0) is 86.6 Å². The summed E-state index contributed by atoms with van der Waals surface area (Å²) in [6.07, 6.45) is 4.04. The van der Waals surface area contributed by atoms with Gasteiger partial charge in [0.1, 0.15) is 23.8 Å². The van der Waals surface area contributed by atoms with Crippen LogP contribution in [0.3, 0.4) is 0 Å². The van der Waals surface area contributed by atoms with E-state index >= 15 is 0 Å². The molecule has 0 saturated carbocycles. The third kappa shape index (κ3) is 8.33. The second-order valence-electron chi connectivity index (χ2n) is 14.2. The fourth-order valence-electron chi connectivity index (χ4n) is 6.51. The van der Waals surface area contributed by atoms with Gasteiger partial charge in [-0.15, -0.1) is 0 Å². The molecule has 7 rings (SSSR count). The highest BCUT2D eigenvalue weighted by Crippen LogP contribution is 2.28. The van der Waals surface area contributed by atoms with Gasteiger partial charge in [-0.2, -0.15) is 5.10 Å². The Morgan fingerprint density at radius 1 is 0.963 bits per heavy atom. The van der Waals surface area contributed by atoms with Gasteiger partial charge in [0.15, 0.2) is 6.29 Å². The normalized spacial score (nSPS) is 13.9. The van der Waals surface area contributed by atoms with Crippen LogP contribution in [-0.2, 0) is 19.7 Å². The molecule has 1 aliphatic rings. The Labute approximate surface area is 313 Å². The smallest absolute Gasteiger partial charge is 0.258 e. The van der Waals surface area contributed by atoms with Crippen LogP contribution in [0.5, 0.6) is 11.5 Å². The van der Waals surface area contributed by atoms with Crippen molar-refractivity contribution in [3.63, 3.8) is 0 Å². The number of aliphatic hydroxyl groups is 1. The Morgan fingerprint density at radius 3 is 2.48 bits per heavy atom. The molecule has 54 heavy (non-hydrogen) atoms. The van der Waals surface area contributed by atoms with Crippen LogP contribution < -0.4 is 14.8 Å². The zero-order valence-corrected chi connectivity index (χ0v) is 30.9. The molecule has 6 aromatic rings. The number of carbonyl (C=O) groups excluding carboxylic acids is 2. The number of aldehydes is 1. The number of piperazine rings is 1. The molecule has 0 atom stereocenters. The first-order valence-electron chi connectivity index (χ1n) is 17.9. The number of likely N-dealkylation sites (N-methyl/N-ethyl adjacent to an activating group) is 1. The highest BCUT2D eigenvalue weighted by atomic mass is 16.5. The van der Waals surface area contributed by atoms with Crippen LogP contribution in [-0.4, -0.2) is 97.4 Å². The van der Waals surface area contributed by atoms with Gasteiger partial charge in [0.05, 0.1) is 47.2 Å². The molecule has 0 radical (unpaired) electrons. The largest absolute Gasteiger partial charge is 0.497 e. The van der Waals surface area contributed by atoms with Gasteiger partial charge < -0.3 is 24.0 Å². The molecule has 2 N–H and O–H groups in total. The summed E-state index contributed by atoms with van der Waals surface area (Å²) in [7, 11) is 3.76. The van der Waals surface area contributed by atoms with Gasteiger partial charge in [-0.25, -0.2) is 9.67 Å². The summed E-state index contributed by atoms with van der Waals surface area (Å²) >= 11 is 0. The minimum Gasteiger partial charge on any atom is -0.497 e. The van der Waals surface area contributed by atoms with Gasteiger partial charge in [-0.3, -0.25) is 24.8 Å². The number of nitrogens with zero attached hydrogens (tertiary/aromatic N) is 7. The maximum Gasteiger partial charge on any atom is 0.258 e. The molecule has 278 valence electrons. The number of amides is 1. The van der Waals surface area contributed by atoms with E-state index in [2.05, 4.69) is 39.3 Å². The van der Waals surface area contributed by atoms with Crippen molar-refractivity contribution in [1.82, 2.24) is 34.1 Å². The summed E-state index contributed by atoms with van der Waals surface area (Å²) in [6, 6.07) is 24.0. The summed E-state index contributed by atoms with van der Waals surface area (Å²) in [5.41, 5.74) is 4.80. The summed E-state index contributed by atoms with van der Waals surface area (Å²) in [5, 5.41) is 18.5. The molecular formula is C41H44N8O5. The van der Waals surface area contributed by atoms with Crippen LogP contribution in [0.4, 0.5) is 5.95 Å². The van der Waals surface area contributed by atoms with E-state index in [9.17, 15) is 14.7 Å². The number of fused-ring (bicyclic) bond motifs is 1. The molecule has 1 aliphatic heterocycles. The predicted octanol–water partition coefficient (Wildman–Crippen LogP) is 5.45. The first-order chi connectivity index (χ1) is 26.1. The van der Waals surface area contributed by atoms with Crippen molar-refractivity contribution < 1.29 is 24.2 Å². The van der Waals surface area contributed by atoms with Gasteiger partial charge in [0.2, 0.25) is 5.95 Å². The second-order valence-corrected chi connectivity index (χ2v) is 14.2. The third-order valence-corrected chi connectivity index (χ3v) is 9.42. The van der Waals surface area contributed by atoms with Crippen molar-refractivity contribution >= 4 is 29.2 Å². The minimum absolute atomic E-state index is 0.229. The number of carbonyl (C=O) groups is 2. The Hall–Kier alpha value is -5.89. The van der Waals surface area contributed by atoms with Crippen molar-refractivity contribution in [2.45, 2.75) is 39.1 Å². The quantitative estimate of drug-likeness (QED) is 0.148. The number of anilines is 1. The number of ether oxygens (including phenoxy) is 2. The third-order valence-electron chi connectivity index (χ3n) is 9.42. The number of rotatable bonds is 13.